The Morgan fingerprint density at radius 1 is 1.07 bits per heavy atom. The van der Waals surface area contributed by atoms with Gasteiger partial charge in [-0.1, -0.05) is 12.1 Å². The third kappa shape index (κ3) is 4.57. The predicted octanol–water partition coefficient (Wildman–Crippen LogP) is 2.69. The van der Waals surface area contributed by atoms with Gasteiger partial charge in [0.2, 0.25) is 0 Å². The molecule has 0 aliphatic carbocycles. The fourth-order valence-corrected chi connectivity index (χ4v) is 2.56. The summed E-state index contributed by atoms with van der Waals surface area (Å²) >= 11 is 0. The van der Waals surface area contributed by atoms with Gasteiger partial charge in [0.05, 0.1) is 17.5 Å². The van der Waals surface area contributed by atoms with E-state index in [0.717, 1.165) is 0 Å². The Morgan fingerprint density at radius 2 is 1.76 bits per heavy atom. The molecule has 0 aliphatic rings. The second-order valence-electron chi connectivity index (χ2n) is 6.16. The summed E-state index contributed by atoms with van der Waals surface area (Å²) in [5, 5.41) is 4.04. The fourth-order valence-electron chi connectivity index (χ4n) is 2.56. The monoisotopic (exact) mass is 400 g/mol. The number of amides is 2. The number of aromatic nitrogens is 2. The number of carbonyl (C=O) groups excluding carboxylic acids is 2. The smallest absolute Gasteiger partial charge is 0.279 e. The molecule has 0 radical (unpaired) electrons. The summed E-state index contributed by atoms with van der Waals surface area (Å²) in [7, 11) is 0. The molecular weight excluding hydrogens is 382 g/mol. The Hall–Kier alpha value is -3.75. The summed E-state index contributed by atoms with van der Waals surface area (Å²) in [5.74, 6) is -1.82. The fraction of sp³-hybridized carbons (Fsp3) is 0.150. The maximum absolute atomic E-state index is 14.0. The number of hydrogen-bond acceptors (Lipinski definition) is 4. The SMILES string of the molecule is Cc1c(C(=O)NNC(=O)C(C)Oc2ccc(F)cc2)cnn1-c1ccccc1F. The van der Waals surface area contributed by atoms with Crippen LogP contribution in [0.25, 0.3) is 5.69 Å². The molecule has 150 valence electrons. The molecule has 0 saturated heterocycles. The van der Waals surface area contributed by atoms with E-state index in [1.54, 1.807) is 19.1 Å². The Kier molecular flexibility index (Phi) is 5.87. The Balaban J connectivity index is 1.61. The molecule has 2 amide bonds. The average Bonchev–Trinajstić information content (AvgIpc) is 3.09. The van der Waals surface area contributed by atoms with Crippen molar-refractivity contribution in [2.24, 2.45) is 0 Å². The summed E-state index contributed by atoms with van der Waals surface area (Å²) < 4.78 is 33.5. The van der Waals surface area contributed by atoms with Gasteiger partial charge in [-0.3, -0.25) is 20.4 Å². The largest absolute Gasteiger partial charge is 0.481 e. The van der Waals surface area contributed by atoms with Crippen LogP contribution in [-0.2, 0) is 4.79 Å². The molecule has 0 fully saturated rings. The van der Waals surface area contributed by atoms with Crippen molar-refractivity contribution < 1.29 is 23.1 Å². The Bertz CT molecular complexity index is 1030. The minimum absolute atomic E-state index is 0.167. The first-order valence-electron chi connectivity index (χ1n) is 8.68. The molecule has 1 unspecified atom stereocenters. The minimum Gasteiger partial charge on any atom is -0.481 e. The third-order valence-corrected chi connectivity index (χ3v) is 4.13. The molecule has 2 N–H and O–H groups in total. The summed E-state index contributed by atoms with van der Waals surface area (Å²) in [6.07, 6.45) is 0.338. The Morgan fingerprint density at radius 3 is 2.45 bits per heavy atom. The van der Waals surface area contributed by atoms with Crippen LogP contribution in [-0.4, -0.2) is 27.7 Å². The van der Waals surface area contributed by atoms with Crippen molar-refractivity contribution in [1.29, 1.82) is 0 Å². The maximum atomic E-state index is 14.0. The van der Waals surface area contributed by atoms with Gasteiger partial charge in [-0.15, -0.1) is 0 Å². The van der Waals surface area contributed by atoms with Gasteiger partial charge < -0.3 is 4.74 Å². The molecule has 29 heavy (non-hydrogen) atoms. The number of halogens is 2. The van der Waals surface area contributed by atoms with Gasteiger partial charge in [-0.25, -0.2) is 13.5 Å². The van der Waals surface area contributed by atoms with Crippen LogP contribution in [0.3, 0.4) is 0 Å². The zero-order valence-electron chi connectivity index (χ0n) is 15.6. The lowest BCUT2D eigenvalue weighted by atomic mass is 10.2. The summed E-state index contributed by atoms with van der Waals surface area (Å²) in [4.78, 5) is 24.5. The number of para-hydroxylation sites is 1. The summed E-state index contributed by atoms with van der Waals surface area (Å²) in [6, 6.07) is 11.2. The van der Waals surface area contributed by atoms with E-state index in [1.165, 1.54) is 54.2 Å². The number of carbonyl (C=O) groups is 2. The second kappa shape index (κ2) is 8.51. The van der Waals surface area contributed by atoms with Gasteiger partial charge in [-0.2, -0.15) is 5.10 Å². The van der Waals surface area contributed by atoms with Crippen molar-refractivity contribution in [3.05, 3.63) is 77.6 Å². The van der Waals surface area contributed by atoms with Crippen LogP contribution in [0, 0.1) is 18.6 Å². The molecule has 0 aliphatic heterocycles. The second-order valence-corrected chi connectivity index (χ2v) is 6.16. The Labute approximate surface area is 165 Å². The lowest BCUT2D eigenvalue weighted by molar-refractivity contribution is -0.128. The zero-order valence-corrected chi connectivity index (χ0v) is 15.6. The number of nitrogens with zero attached hydrogens (tertiary/aromatic N) is 2. The summed E-state index contributed by atoms with van der Waals surface area (Å²) in [6.45, 7) is 3.09. The molecule has 1 aromatic heterocycles. The van der Waals surface area contributed by atoms with Crippen LogP contribution in [0.4, 0.5) is 8.78 Å². The van der Waals surface area contributed by atoms with Crippen molar-refractivity contribution in [3.63, 3.8) is 0 Å². The maximum Gasteiger partial charge on any atom is 0.279 e. The molecule has 7 nitrogen and oxygen atoms in total. The molecule has 1 atom stereocenters. The van der Waals surface area contributed by atoms with Crippen LogP contribution in [0.1, 0.15) is 23.0 Å². The first-order valence-corrected chi connectivity index (χ1v) is 8.68. The number of benzene rings is 2. The standard InChI is InChI=1S/C20H18F2N4O3/c1-12-16(11-23-26(12)18-6-4-3-5-17(18)22)20(28)25-24-19(27)13(2)29-15-9-7-14(21)8-10-15/h3-11,13H,1-2H3,(H,24,27)(H,25,28). The van der Waals surface area contributed by atoms with E-state index >= 15 is 0 Å². The predicted molar refractivity (Wildman–Crippen MR) is 100 cm³/mol. The number of rotatable bonds is 5. The van der Waals surface area contributed by atoms with Crippen LogP contribution in [0.15, 0.2) is 54.7 Å². The van der Waals surface area contributed by atoms with Crippen molar-refractivity contribution in [1.82, 2.24) is 20.6 Å². The van der Waals surface area contributed by atoms with Gasteiger partial charge in [0, 0.05) is 0 Å². The van der Waals surface area contributed by atoms with E-state index in [1.807, 2.05) is 0 Å². The van der Waals surface area contributed by atoms with Crippen molar-refractivity contribution >= 4 is 11.8 Å². The molecule has 3 aromatic rings. The molecule has 1 heterocycles. The van der Waals surface area contributed by atoms with E-state index in [4.69, 9.17) is 4.74 Å². The lowest BCUT2D eigenvalue weighted by Gasteiger charge is -2.15. The number of hydrogen-bond donors (Lipinski definition) is 2. The quantitative estimate of drug-likeness (QED) is 0.645. The normalized spacial score (nSPS) is 11.6. The van der Waals surface area contributed by atoms with Crippen LogP contribution in [0.2, 0.25) is 0 Å². The number of nitrogens with one attached hydrogen (secondary N) is 2. The number of hydrazine groups is 1. The van der Waals surface area contributed by atoms with Gasteiger partial charge >= 0.3 is 0 Å². The van der Waals surface area contributed by atoms with E-state index in [-0.39, 0.29) is 11.3 Å². The molecule has 9 heteroatoms. The first-order chi connectivity index (χ1) is 13.9. The highest BCUT2D eigenvalue weighted by molar-refractivity contribution is 5.96. The van der Waals surface area contributed by atoms with Crippen molar-refractivity contribution in [2.45, 2.75) is 20.0 Å². The van der Waals surface area contributed by atoms with Gasteiger partial charge in [0.1, 0.15) is 23.1 Å². The number of ether oxygens (including phenoxy) is 1. The van der Waals surface area contributed by atoms with Crippen LogP contribution < -0.4 is 15.6 Å². The van der Waals surface area contributed by atoms with Gasteiger partial charge in [0.25, 0.3) is 11.8 Å². The summed E-state index contributed by atoms with van der Waals surface area (Å²) in [5.41, 5.74) is 5.29. The molecule has 0 saturated carbocycles. The molecule has 2 aromatic carbocycles. The highest BCUT2D eigenvalue weighted by Gasteiger charge is 2.19. The van der Waals surface area contributed by atoms with Gasteiger partial charge in [-0.05, 0) is 50.2 Å². The highest BCUT2D eigenvalue weighted by Crippen LogP contribution is 2.17. The van der Waals surface area contributed by atoms with E-state index in [0.29, 0.717) is 11.4 Å². The zero-order chi connectivity index (χ0) is 21.0. The molecule has 3 rings (SSSR count). The van der Waals surface area contributed by atoms with Crippen molar-refractivity contribution in [3.8, 4) is 11.4 Å². The average molecular weight is 400 g/mol. The van der Waals surface area contributed by atoms with E-state index < -0.39 is 29.6 Å². The topological polar surface area (TPSA) is 85.2 Å². The van der Waals surface area contributed by atoms with Crippen molar-refractivity contribution in [2.75, 3.05) is 0 Å². The first kappa shape index (κ1) is 20.0. The minimum atomic E-state index is -0.942. The van der Waals surface area contributed by atoms with Crippen LogP contribution in [0.5, 0.6) is 5.75 Å². The molecule has 0 spiro atoms. The highest BCUT2D eigenvalue weighted by atomic mass is 19.1. The van der Waals surface area contributed by atoms with E-state index in [2.05, 4.69) is 16.0 Å². The van der Waals surface area contributed by atoms with Gasteiger partial charge in [0.15, 0.2) is 6.10 Å². The lowest BCUT2D eigenvalue weighted by Crippen LogP contribution is -2.47. The third-order valence-electron chi connectivity index (χ3n) is 4.13. The molecular formula is C20H18F2N4O3. The van der Waals surface area contributed by atoms with Crippen LogP contribution >= 0.6 is 0 Å². The van der Waals surface area contributed by atoms with E-state index in [9.17, 15) is 18.4 Å². The molecule has 0 bridgehead atoms.